The topological polar surface area (TPSA) is 26.3 Å². The highest BCUT2D eigenvalue weighted by atomic mass is 35.5. The Morgan fingerprint density at radius 3 is 2.56 bits per heavy atom. The molecule has 0 amide bonds. The van der Waals surface area contributed by atoms with Gasteiger partial charge in [-0.05, 0) is 12.1 Å². The number of rotatable bonds is 5. The second kappa shape index (κ2) is 6.41. The summed E-state index contributed by atoms with van der Waals surface area (Å²) in [6.45, 7) is -1.69. The lowest BCUT2D eigenvalue weighted by molar-refractivity contribution is -0.173. The summed E-state index contributed by atoms with van der Waals surface area (Å²) in [4.78, 5) is 11.6. The van der Waals surface area contributed by atoms with Crippen LogP contribution >= 0.6 is 23.2 Å². The number of Topliss-reactive ketones (excluding diaryl/α,β-unsaturated/α-hetero) is 1. The molecule has 0 bridgehead atoms. The molecule has 0 saturated heterocycles. The molecule has 7 heteroatoms. The van der Waals surface area contributed by atoms with E-state index in [-0.39, 0.29) is 28.6 Å². The zero-order valence-corrected chi connectivity index (χ0v) is 10.6. The summed E-state index contributed by atoms with van der Waals surface area (Å²) in [7, 11) is 0. The minimum absolute atomic E-state index is 0.0972. The maximum Gasteiger partial charge on any atom is 0.411 e. The Morgan fingerprint density at radius 2 is 1.94 bits per heavy atom. The zero-order valence-electron chi connectivity index (χ0n) is 9.06. The van der Waals surface area contributed by atoms with Gasteiger partial charge >= 0.3 is 6.18 Å². The van der Waals surface area contributed by atoms with E-state index in [2.05, 4.69) is 4.74 Å². The fourth-order valence-electron chi connectivity index (χ4n) is 1.21. The van der Waals surface area contributed by atoms with E-state index in [4.69, 9.17) is 23.2 Å². The first-order valence-electron chi connectivity index (χ1n) is 4.93. The number of alkyl halides is 3. The van der Waals surface area contributed by atoms with Gasteiger partial charge in [-0.25, -0.2) is 0 Å². The van der Waals surface area contributed by atoms with Crippen molar-refractivity contribution >= 4 is 29.0 Å². The Labute approximate surface area is 112 Å². The number of halogens is 5. The van der Waals surface area contributed by atoms with Crippen molar-refractivity contribution in [1.82, 2.24) is 0 Å². The van der Waals surface area contributed by atoms with Gasteiger partial charge in [-0.2, -0.15) is 13.2 Å². The lowest BCUT2D eigenvalue weighted by atomic mass is 10.1. The van der Waals surface area contributed by atoms with Gasteiger partial charge in [0.2, 0.25) is 0 Å². The molecule has 0 saturated carbocycles. The Morgan fingerprint density at radius 1 is 1.28 bits per heavy atom. The fourth-order valence-corrected chi connectivity index (χ4v) is 1.61. The third kappa shape index (κ3) is 4.84. The minimum atomic E-state index is -4.39. The van der Waals surface area contributed by atoms with Gasteiger partial charge in [0.1, 0.15) is 6.61 Å². The summed E-state index contributed by atoms with van der Waals surface area (Å²) in [6.07, 6.45) is -4.58. The predicted octanol–water partition coefficient (Wildman–Crippen LogP) is 4.15. The average molecular weight is 301 g/mol. The number of carbonyl (C=O) groups excluding carboxylic acids is 1. The van der Waals surface area contributed by atoms with E-state index in [1.54, 1.807) is 0 Å². The van der Waals surface area contributed by atoms with Crippen molar-refractivity contribution in [3.63, 3.8) is 0 Å². The quantitative estimate of drug-likeness (QED) is 0.603. The molecule has 0 N–H and O–H groups in total. The molecular formula is C11H9Cl2F3O2. The number of carbonyl (C=O) groups is 1. The Bertz CT molecular complexity index is 433. The Balaban J connectivity index is 2.49. The summed E-state index contributed by atoms with van der Waals surface area (Å²) in [5.41, 5.74) is 0.180. The second-order valence-corrected chi connectivity index (χ2v) is 4.23. The van der Waals surface area contributed by atoms with Crippen LogP contribution in [0.15, 0.2) is 18.2 Å². The van der Waals surface area contributed by atoms with Crippen molar-refractivity contribution < 1.29 is 22.7 Å². The van der Waals surface area contributed by atoms with Gasteiger partial charge < -0.3 is 4.74 Å². The molecule has 0 aromatic heterocycles. The van der Waals surface area contributed by atoms with E-state index in [0.29, 0.717) is 0 Å². The van der Waals surface area contributed by atoms with E-state index < -0.39 is 18.6 Å². The van der Waals surface area contributed by atoms with Crippen molar-refractivity contribution in [1.29, 1.82) is 0 Å². The highest BCUT2D eigenvalue weighted by molar-refractivity contribution is 6.43. The van der Waals surface area contributed by atoms with Gasteiger partial charge in [-0.15, -0.1) is 0 Å². The second-order valence-electron chi connectivity index (χ2n) is 3.44. The van der Waals surface area contributed by atoms with Crippen molar-refractivity contribution in [3.8, 4) is 0 Å². The van der Waals surface area contributed by atoms with Gasteiger partial charge in [0.25, 0.3) is 0 Å². The van der Waals surface area contributed by atoms with Crippen LogP contribution in [0.25, 0.3) is 0 Å². The molecule has 1 aromatic rings. The smallest absolute Gasteiger partial charge is 0.372 e. The highest BCUT2D eigenvalue weighted by Gasteiger charge is 2.27. The fraction of sp³-hybridized carbons (Fsp3) is 0.364. The first-order chi connectivity index (χ1) is 8.31. The molecule has 0 aliphatic heterocycles. The molecule has 2 nitrogen and oxygen atoms in total. The molecule has 0 aliphatic carbocycles. The number of hydrogen-bond acceptors (Lipinski definition) is 2. The van der Waals surface area contributed by atoms with Crippen LogP contribution in [-0.2, 0) is 4.74 Å². The van der Waals surface area contributed by atoms with Crippen molar-refractivity contribution in [2.45, 2.75) is 12.6 Å². The van der Waals surface area contributed by atoms with Gasteiger partial charge in [-0.3, -0.25) is 4.79 Å². The molecular weight excluding hydrogens is 292 g/mol. The molecule has 0 fully saturated rings. The van der Waals surface area contributed by atoms with Crippen molar-refractivity contribution in [2.24, 2.45) is 0 Å². The normalized spacial score (nSPS) is 11.6. The molecule has 18 heavy (non-hydrogen) atoms. The van der Waals surface area contributed by atoms with E-state index in [0.717, 1.165) is 0 Å². The molecule has 0 aliphatic rings. The van der Waals surface area contributed by atoms with Crippen LogP contribution < -0.4 is 0 Å². The van der Waals surface area contributed by atoms with E-state index in [1.807, 2.05) is 0 Å². The Hall–Kier alpha value is -0.780. The molecule has 1 aromatic carbocycles. The third-order valence-electron chi connectivity index (χ3n) is 1.99. The average Bonchev–Trinajstić information content (AvgIpc) is 2.26. The maximum atomic E-state index is 11.8. The lowest BCUT2D eigenvalue weighted by Crippen LogP contribution is -2.18. The van der Waals surface area contributed by atoms with Gasteiger partial charge in [0.15, 0.2) is 5.78 Å². The van der Waals surface area contributed by atoms with Gasteiger partial charge in [0.05, 0.1) is 16.7 Å². The van der Waals surface area contributed by atoms with Crippen LogP contribution in [0, 0.1) is 0 Å². The van der Waals surface area contributed by atoms with Gasteiger partial charge in [-0.1, -0.05) is 29.3 Å². The maximum absolute atomic E-state index is 11.8. The van der Waals surface area contributed by atoms with Crippen molar-refractivity contribution in [2.75, 3.05) is 13.2 Å². The number of ketones is 1. The summed E-state index contributed by atoms with van der Waals surface area (Å²) in [5.74, 6) is -0.412. The number of ether oxygens (including phenoxy) is 1. The molecule has 100 valence electrons. The monoisotopic (exact) mass is 300 g/mol. The predicted molar refractivity (Wildman–Crippen MR) is 62.3 cm³/mol. The summed E-state index contributed by atoms with van der Waals surface area (Å²) in [6, 6.07) is 4.51. The standard InChI is InChI=1S/C11H9Cl2F3O2/c12-8-3-1-2-7(10(8)13)9(17)4-5-18-6-11(14,15)16/h1-3H,4-6H2. The van der Waals surface area contributed by atoms with Crippen molar-refractivity contribution in [3.05, 3.63) is 33.8 Å². The van der Waals surface area contributed by atoms with Crippen LogP contribution in [0.2, 0.25) is 10.0 Å². The first-order valence-corrected chi connectivity index (χ1v) is 5.68. The highest BCUT2D eigenvalue weighted by Crippen LogP contribution is 2.26. The summed E-state index contributed by atoms with van der Waals surface area (Å²) >= 11 is 11.5. The zero-order chi connectivity index (χ0) is 13.8. The van der Waals surface area contributed by atoms with Crippen LogP contribution in [0.4, 0.5) is 13.2 Å². The van der Waals surface area contributed by atoms with Gasteiger partial charge in [0, 0.05) is 12.0 Å². The molecule has 1 rings (SSSR count). The largest absolute Gasteiger partial charge is 0.411 e. The molecule has 0 heterocycles. The van der Waals surface area contributed by atoms with E-state index in [1.165, 1.54) is 18.2 Å². The molecule has 0 radical (unpaired) electrons. The van der Waals surface area contributed by atoms with Crippen LogP contribution in [0.3, 0.4) is 0 Å². The lowest BCUT2D eigenvalue weighted by Gasteiger charge is -2.08. The first kappa shape index (κ1) is 15.3. The molecule has 0 spiro atoms. The SMILES string of the molecule is O=C(CCOCC(F)(F)F)c1cccc(Cl)c1Cl. The van der Waals surface area contributed by atoms with Crippen LogP contribution in [0.5, 0.6) is 0 Å². The molecule has 0 unspecified atom stereocenters. The number of hydrogen-bond donors (Lipinski definition) is 0. The Kier molecular flexibility index (Phi) is 5.44. The van der Waals surface area contributed by atoms with E-state index >= 15 is 0 Å². The summed E-state index contributed by atoms with van der Waals surface area (Å²) < 4.78 is 39.7. The minimum Gasteiger partial charge on any atom is -0.372 e. The molecule has 0 atom stereocenters. The van der Waals surface area contributed by atoms with Crippen LogP contribution in [-0.4, -0.2) is 25.2 Å². The number of benzene rings is 1. The third-order valence-corrected chi connectivity index (χ3v) is 2.81. The van der Waals surface area contributed by atoms with Crippen LogP contribution in [0.1, 0.15) is 16.8 Å². The van der Waals surface area contributed by atoms with E-state index in [9.17, 15) is 18.0 Å². The summed E-state index contributed by atoms with van der Waals surface area (Å²) in [5, 5.41) is 0.318.